The largest absolute Gasteiger partial charge is 0.317 e. The summed E-state index contributed by atoms with van der Waals surface area (Å²) in [5.74, 6) is 2.14. The molecule has 2 fully saturated rings. The van der Waals surface area contributed by atoms with E-state index in [1.807, 2.05) is 0 Å². The van der Waals surface area contributed by atoms with Gasteiger partial charge in [-0.3, -0.25) is 0 Å². The summed E-state index contributed by atoms with van der Waals surface area (Å²) in [6, 6.07) is 0.860. The summed E-state index contributed by atoms with van der Waals surface area (Å²) in [6.45, 7) is 0. The van der Waals surface area contributed by atoms with Crippen LogP contribution in [0.25, 0.3) is 0 Å². The van der Waals surface area contributed by atoms with Crippen LogP contribution in [-0.2, 0) is 0 Å². The molecule has 0 saturated heterocycles. The Morgan fingerprint density at radius 3 is 2.70 bits per heavy atom. The van der Waals surface area contributed by atoms with Crippen molar-refractivity contribution in [3.63, 3.8) is 0 Å². The first kappa shape index (κ1) is 6.66. The van der Waals surface area contributed by atoms with Gasteiger partial charge in [0.15, 0.2) is 0 Å². The number of fused-ring (bicyclic) bond motifs is 2. The molecular weight excluding hydrogens is 122 g/mol. The van der Waals surface area contributed by atoms with Crippen molar-refractivity contribution in [3.8, 4) is 0 Å². The fourth-order valence-corrected chi connectivity index (χ4v) is 2.77. The summed E-state index contributed by atoms with van der Waals surface area (Å²) in [5, 5.41) is 3.43. The Labute approximate surface area is 63.2 Å². The van der Waals surface area contributed by atoms with Gasteiger partial charge in [0.25, 0.3) is 0 Å². The van der Waals surface area contributed by atoms with E-state index in [0.717, 1.165) is 17.9 Å². The molecule has 0 aromatic rings. The second kappa shape index (κ2) is 2.54. The van der Waals surface area contributed by atoms with Gasteiger partial charge in [0.1, 0.15) is 0 Å². The molecule has 1 N–H and O–H groups in total. The minimum absolute atomic E-state index is 0.860. The molecule has 2 aliphatic rings. The summed E-state index contributed by atoms with van der Waals surface area (Å²) in [6.07, 6.45) is 7.46. The predicted molar refractivity (Wildman–Crippen MR) is 42.9 cm³/mol. The molecule has 2 aliphatic carbocycles. The van der Waals surface area contributed by atoms with Crippen LogP contribution in [0.5, 0.6) is 0 Å². The quantitative estimate of drug-likeness (QED) is 0.584. The van der Waals surface area contributed by atoms with Crippen molar-refractivity contribution in [2.75, 3.05) is 7.05 Å². The highest BCUT2D eigenvalue weighted by Crippen LogP contribution is 2.41. The average Bonchev–Trinajstić information content (AvgIpc) is 2.34. The van der Waals surface area contributed by atoms with Crippen molar-refractivity contribution in [1.29, 1.82) is 0 Å². The molecule has 1 heteroatoms. The molecular formula is C9H17N. The highest BCUT2D eigenvalue weighted by Gasteiger charge is 2.34. The van der Waals surface area contributed by atoms with Crippen LogP contribution in [-0.4, -0.2) is 13.1 Å². The van der Waals surface area contributed by atoms with E-state index in [0.29, 0.717) is 0 Å². The Morgan fingerprint density at radius 2 is 1.90 bits per heavy atom. The molecule has 0 aliphatic heterocycles. The summed E-state index contributed by atoms with van der Waals surface area (Å²) in [4.78, 5) is 0. The van der Waals surface area contributed by atoms with E-state index in [-0.39, 0.29) is 0 Å². The highest BCUT2D eigenvalue weighted by molar-refractivity contribution is 4.89. The van der Waals surface area contributed by atoms with E-state index in [1.54, 1.807) is 0 Å². The minimum Gasteiger partial charge on any atom is -0.317 e. The first-order valence-electron chi connectivity index (χ1n) is 4.57. The lowest BCUT2D eigenvalue weighted by atomic mass is 9.85. The second-order valence-electron chi connectivity index (χ2n) is 3.91. The summed E-state index contributed by atoms with van der Waals surface area (Å²) >= 11 is 0. The molecule has 0 aromatic carbocycles. The standard InChI is InChI=1S/C9H17N/c1-10-9-5-3-7-2-4-8(9)6-7/h7-10H,2-6H2,1H3. The summed E-state index contributed by atoms with van der Waals surface area (Å²) in [5.41, 5.74) is 0. The van der Waals surface area contributed by atoms with Crippen molar-refractivity contribution in [2.45, 2.75) is 38.1 Å². The number of rotatable bonds is 1. The molecule has 3 unspecified atom stereocenters. The fourth-order valence-electron chi connectivity index (χ4n) is 2.77. The van der Waals surface area contributed by atoms with Crippen molar-refractivity contribution >= 4 is 0 Å². The van der Waals surface area contributed by atoms with E-state index < -0.39 is 0 Å². The van der Waals surface area contributed by atoms with Gasteiger partial charge in [0, 0.05) is 6.04 Å². The maximum atomic E-state index is 3.43. The molecule has 1 nitrogen and oxygen atoms in total. The van der Waals surface area contributed by atoms with Crippen LogP contribution in [0, 0.1) is 11.8 Å². The van der Waals surface area contributed by atoms with Crippen LogP contribution in [0.2, 0.25) is 0 Å². The zero-order valence-electron chi connectivity index (χ0n) is 6.77. The van der Waals surface area contributed by atoms with E-state index in [2.05, 4.69) is 12.4 Å². The van der Waals surface area contributed by atoms with E-state index in [9.17, 15) is 0 Å². The third-order valence-corrected chi connectivity index (χ3v) is 3.41. The van der Waals surface area contributed by atoms with Crippen LogP contribution >= 0.6 is 0 Å². The van der Waals surface area contributed by atoms with Gasteiger partial charge in [-0.15, -0.1) is 0 Å². The van der Waals surface area contributed by atoms with E-state index in [4.69, 9.17) is 0 Å². The van der Waals surface area contributed by atoms with Crippen LogP contribution < -0.4 is 5.32 Å². The average molecular weight is 139 g/mol. The van der Waals surface area contributed by atoms with Crippen LogP contribution in [0.15, 0.2) is 0 Å². The Hall–Kier alpha value is -0.0400. The minimum atomic E-state index is 0.860. The smallest absolute Gasteiger partial charge is 0.00925 e. The van der Waals surface area contributed by atoms with E-state index >= 15 is 0 Å². The lowest BCUT2D eigenvalue weighted by Crippen LogP contribution is -2.34. The van der Waals surface area contributed by atoms with Crippen molar-refractivity contribution in [2.24, 2.45) is 11.8 Å². The van der Waals surface area contributed by atoms with Crippen molar-refractivity contribution in [1.82, 2.24) is 5.32 Å². The molecule has 2 saturated carbocycles. The Bertz CT molecular complexity index is 122. The van der Waals surface area contributed by atoms with Gasteiger partial charge in [0.05, 0.1) is 0 Å². The lowest BCUT2D eigenvalue weighted by molar-refractivity contribution is 0.282. The highest BCUT2D eigenvalue weighted by atomic mass is 14.9. The SMILES string of the molecule is CNC1CCC2CCC1C2. The first-order valence-corrected chi connectivity index (χ1v) is 4.57. The molecule has 3 atom stereocenters. The van der Waals surface area contributed by atoms with Crippen LogP contribution in [0.3, 0.4) is 0 Å². The van der Waals surface area contributed by atoms with Gasteiger partial charge in [0.2, 0.25) is 0 Å². The van der Waals surface area contributed by atoms with Crippen LogP contribution in [0.1, 0.15) is 32.1 Å². The van der Waals surface area contributed by atoms with Gasteiger partial charge < -0.3 is 5.32 Å². The zero-order chi connectivity index (χ0) is 6.97. The Balaban J connectivity index is 2.00. The fraction of sp³-hybridized carbons (Fsp3) is 1.00. The molecule has 0 amide bonds. The molecule has 0 heterocycles. The third-order valence-electron chi connectivity index (χ3n) is 3.41. The van der Waals surface area contributed by atoms with Gasteiger partial charge in [-0.2, -0.15) is 0 Å². The lowest BCUT2D eigenvalue weighted by Gasteiger charge is -2.28. The Morgan fingerprint density at radius 1 is 1.10 bits per heavy atom. The monoisotopic (exact) mass is 139 g/mol. The molecule has 2 bridgehead atoms. The van der Waals surface area contributed by atoms with E-state index in [1.165, 1.54) is 32.1 Å². The number of hydrogen-bond donors (Lipinski definition) is 1. The predicted octanol–water partition coefficient (Wildman–Crippen LogP) is 1.78. The first-order chi connectivity index (χ1) is 4.90. The summed E-state index contributed by atoms with van der Waals surface area (Å²) < 4.78 is 0. The van der Waals surface area contributed by atoms with Crippen LogP contribution in [0.4, 0.5) is 0 Å². The maximum Gasteiger partial charge on any atom is 0.00925 e. The van der Waals surface area contributed by atoms with Crippen molar-refractivity contribution in [3.05, 3.63) is 0 Å². The molecule has 10 heavy (non-hydrogen) atoms. The Kier molecular flexibility index (Phi) is 1.69. The summed E-state index contributed by atoms with van der Waals surface area (Å²) in [7, 11) is 2.11. The van der Waals surface area contributed by atoms with Gasteiger partial charge in [-0.05, 0) is 44.6 Å². The number of hydrogen-bond acceptors (Lipinski definition) is 1. The zero-order valence-corrected chi connectivity index (χ0v) is 6.77. The van der Waals surface area contributed by atoms with Gasteiger partial charge in [-0.25, -0.2) is 0 Å². The topological polar surface area (TPSA) is 12.0 Å². The van der Waals surface area contributed by atoms with Gasteiger partial charge in [-0.1, -0.05) is 6.42 Å². The molecule has 2 rings (SSSR count). The third kappa shape index (κ3) is 0.968. The molecule has 58 valence electrons. The molecule has 0 radical (unpaired) electrons. The normalized spacial score (nSPS) is 45.9. The molecule has 0 spiro atoms. The van der Waals surface area contributed by atoms with Gasteiger partial charge >= 0.3 is 0 Å². The maximum absolute atomic E-state index is 3.43. The number of nitrogens with one attached hydrogen (secondary N) is 1. The van der Waals surface area contributed by atoms with Crippen molar-refractivity contribution < 1.29 is 0 Å². The second-order valence-corrected chi connectivity index (χ2v) is 3.91. The molecule has 0 aromatic heterocycles.